The summed E-state index contributed by atoms with van der Waals surface area (Å²) in [5, 5.41) is 9.77. The number of hydrogen-bond donors (Lipinski definition) is 0. The van der Waals surface area contributed by atoms with Crippen LogP contribution in [0.15, 0.2) is 42.5 Å². The molecule has 0 amide bonds. The third-order valence-corrected chi connectivity index (χ3v) is 3.49. The molecular formula is C17H15ClFNO. The van der Waals surface area contributed by atoms with Gasteiger partial charge in [-0.3, -0.25) is 0 Å². The maximum Gasteiger partial charge on any atom is 0.138 e. The highest BCUT2D eigenvalue weighted by atomic mass is 35.5. The number of nitriles is 1. The first-order valence-electron chi connectivity index (χ1n) is 6.64. The maximum atomic E-state index is 12.9. The molecule has 2 aromatic rings. The van der Waals surface area contributed by atoms with Gasteiger partial charge in [0.25, 0.3) is 0 Å². The van der Waals surface area contributed by atoms with Crippen molar-refractivity contribution in [1.29, 1.82) is 5.26 Å². The van der Waals surface area contributed by atoms with Gasteiger partial charge >= 0.3 is 0 Å². The molecule has 0 heterocycles. The quantitative estimate of drug-likeness (QED) is 0.790. The molecule has 0 fully saturated rings. The molecule has 0 bridgehead atoms. The first kappa shape index (κ1) is 15.3. The number of rotatable bonds is 5. The van der Waals surface area contributed by atoms with Gasteiger partial charge in [0.15, 0.2) is 0 Å². The summed E-state index contributed by atoms with van der Waals surface area (Å²) in [5.74, 6) is -0.0140. The molecule has 0 aliphatic carbocycles. The SMILES string of the molecule is Cc1ccc(Cl)c(OCCC(C#N)c2ccc(F)cc2)c1. The summed E-state index contributed by atoms with van der Waals surface area (Å²) < 4.78 is 18.5. The molecule has 0 saturated heterocycles. The van der Waals surface area contributed by atoms with Gasteiger partial charge in [0, 0.05) is 6.42 Å². The van der Waals surface area contributed by atoms with E-state index in [1.807, 2.05) is 19.1 Å². The third-order valence-electron chi connectivity index (χ3n) is 3.18. The lowest BCUT2D eigenvalue weighted by Crippen LogP contribution is -2.05. The highest BCUT2D eigenvalue weighted by Gasteiger charge is 2.11. The Balaban J connectivity index is 1.96. The van der Waals surface area contributed by atoms with Gasteiger partial charge in [0.1, 0.15) is 11.6 Å². The molecule has 108 valence electrons. The van der Waals surface area contributed by atoms with Crippen LogP contribution in [0.3, 0.4) is 0 Å². The van der Waals surface area contributed by atoms with Crippen LogP contribution >= 0.6 is 11.6 Å². The van der Waals surface area contributed by atoms with Crippen molar-refractivity contribution in [2.45, 2.75) is 19.3 Å². The summed E-state index contributed by atoms with van der Waals surface area (Å²) in [7, 11) is 0. The Labute approximate surface area is 128 Å². The average Bonchev–Trinajstić information content (AvgIpc) is 2.48. The smallest absolute Gasteiger partial charge is 0.138 e. The Hall–Kier alpha value is -2.05. The van der Waals surface area contributed by atoms with Crippen LogP contribution in [-0.2, 0) is 0 Å². The van der Waals surface area contributed by atoms with Crippen molar-refractivity contribution in [2.75, 3.05) is 6.61 Å². The van der Waals surface area contributed by atoms with Crippen LogP contribution in [0.5, 0.6) is 5.75 Å². The van der Waals surface area contributed by atoms with E-state index < -0.39 is 0 Å². The van der Waals surface area contributed by atoms with Crippen molar-refractivity contribution in [1.82, 2.24) is 0 Å². The summed E-state index contributed by atoms with van der Waals surface area (Å²) in [4.78, 5) is 0. The van der Waals surface area contributed by atoms with Crippen molar-refractivity contribution in [2.24, 2.45) is 0 Å². The van der Waals surface area contributed by atoms with E-state index in [1.165, 1.54) is 12.1 Å². The van der Waals surface area contributed by atoms with Gasteiger partial charge in [-0.15, -0.1) is 0 Å². The minimum Gasteiger partial charge on any atom is -0.492 e. The molecule has 0 aliphatic heterocycles. The summed E-state index contributed by atoms with van der Waals surface area (Å²) in [6.07, 6.45) is 0.520. The molecule has 0 radical (unpaired) electrons. The van der Waals surface area contributed by atoms with Gasteiger partial charge in [0.05, 0.1) is 23.6 Å². The molecule has 1 atom stereocenters. The summed E-state index contributed by atoms with van der Waals surface area (Å²) in [6.45, 7) is 2.33. The fraction of sp³-hybridized carbons (Fsp3) is 0.235. The van der Waals surface area contributed by atoms with Gasteiger partial charge in [-0.05, 0) is 42.3 Å². The second-order valence-corrected chi connectivity index (χ2v) is 5.21. The molecule has 1 unspecified atom stereocenters. The number of halogens is 2. The molecule has 2 nitrogen and oxygen atoms in total. The monoisotopic (exact) mass is 303 g/mol. The molecule has 2 aromatic carbocycles. The van der Waals surface area contributed by atoms with Crippen molar-refractivity contribution in [3.8, 4) is 11.8 Å². The highest BCUT2D eigenvalue weighted by molar-refractivity contribution is 6.32. The Kier molecular flexibility index (Phi) is 5.19. The lowest BCUT2D eigenvalue weighted by molar-refractivity contribution is 0.306. The molecule has 4 heteroatoms. The molecule has 0 saturated carbocycles. The topological polar surface area (TPSA) is 33.0 Å². The molecule has 0 aromatic heterocycles. The van der Waals surface area contributed by atoms with Crippen LogP contribution in [0, 0.1) is 24.1 Å². The Bertz CT molecular complexity index is 649. The Morgan fingerprint density at radius 3 is 2.62 bits per heavy atom. The van der Waals surface area contributed by atoms with Crippen molar-refractivity contribution in [3.05, 3.63) is 64.4 Å². The average molecular weight is 304 g/mol. The molecular weight excluding hydrogens is 289 g/mol. The van der Waals surface area contributed by atoms with E-state index in [9.17, 15) is 9.65 Å². The van der Waals surface area contributed by atoms with E-state index >= 15 is 0 Å². The van der Waals surface area contributed by atoms with E-state index in [0.29, 0.717) is 23.8 Å². The first-order valence-corrected chi connectivity index (χ1v) is 7.02. The van der Waals surface area contributed by atoms with E-state index in [-0.39, 0.29) is 11.7 Å². The minimum absolute atomic E-state index is 0.307. The van der Waals surface area contributed by atoms with Crippen LogP contribution in [-0.4, -0.2) is 6.61 Å². The summed E-state index contributed by atoms with van der Waals surface area (Å²) in [6, 6.07) is 13.7. The van der Waals surface area contributed by atoms with Crippen LogP contribution in [0.2, 0.25) is 5.02 Å². The molecule has 21 heavy (non-hydrogen) atoms. The predicted molar refractivity (Wildman–Crippen MR) is 81.1 cm³/mol. The normalized spacial score (nSPS) is 11.7. The second kappa shape index (κ2) is 7.10. The molecule has 0 N–H and O–H groups in total. The van der Waals surface area contributed by atoms with Crippen LogP contribution in [0.4, 0.5) is 4.39 Å². The molecule has 0 spiro atoms. The predicted octanol–water partition coefficient (Wildman–Crippen LogP) is 4.86. The zero-order chi connectivity index (χ0) is 15.2. The maximum absolute atomic E-state index is 12.9. The largest absolute Gasteiger partial charge is 0.492 e. The second-order valence-electron chi connectivity index (χ2n) is 4.80. The molecule has 2 rings (SSSR count). The van der Waals surface area contributed by atoms with E-state index in [4.69, 9.17) is 16.3 Å². The van der Waals surface area contributed by atoms with Gasteiger partial charge < -0.3 is 4.74 Å². The minimum atomic E-state index is -0.325. The van der Waals surface area contributed by atoms with Crippen LogP contribution in [0.25, 0.3) is 0 Å². The number of hydrogen-bond acceptors (Lipinski definition) is 2. The fourth-order valence-corrected chi connectivity index (χ4v) is 2.18. The van der Waals surface area contributed by atoms with Gasteiger partial charge in [-0.2, -0.15) is 5.26 Å². The summed E-state index contributed by atoms with van der Waals surface area (Å²) >= 11 is 6.05. The van der Waals surface area contributed by atoms with Crippen LogP contribution < -0.4 is 4.74 Å². The van der Waals surface area contributed by atoms with Crippen molar-refractivity contribution >= 4 is 11.6 Å². The zero-order valence-electron chi connectivity index (χ0n) is 11.6. The third kappa shape index (κ3) is 4.21. The molecule has 0 aliphatic rings. The van der Waals surface area contributed by atoms with Crippen molar-refractivity contribution < 1.29 is 9.13 Å². The van der Waals surface area contributed by atoms with Gasteiger partial charge in [-0.25, -0.2) is 4.39 Å². The van der Waals surface area contributed by atoms with Crippen LogP contribution in [0.1, 0.15) is 23.5 Å². The van der Waals surface area contributed by atoms with E-state index in [1.54, 1.807) is 18.2 Å². The standard InChI is InChI=1S/C17H15ClFNO/c1-12-2-7-16(18)17(10-12)21-9-8-14(11-20)13-3-5-15(19)6-4-13/h2-7,10,14H,8-9H2,1H3. The van der Waals surface area contributed by atoms with E-state index in [2.05, 4.69) is 6.07 Å². The van der Waals surface area contributed by atoms with Gasteiger partial charge in [0.2, 0.25) is 0 Å². The van der Waals surface area contributed by atoms with Crippen molar-refractivity contribution in [3.63, 3.8) is 0 Å². The lowest BCUT2D eigenvalue weighted by Gasteiger charge is -2.12. The Morgan fingerprint density at radius 1 is 1.24 bits per heavy atom. The number of nitrogens with zero attached hydrogens (tertiary/aromatic N) is 1. The van der Waals surface area contributed by atoms with Gasteiger partial charge in [-0.1, -0.05) is 29.8 Å². The fourth-order valence-electron chi connectivity index (χ4n) is 2.01. The number of benzene rings is 2. The first-order chi connectivity index (χ1) is 10.1. The number of aryl methyl sites for hydroxylation is 1. The highest BCUT2D eigenvalue weighted by Crippen LogP contribution is 2.26. The summed E-state index contributed by atoms with van der Waals surface area (Å²) in [5.41, 5.74) is 1.85. The zero-order valence-corrected chi connectivity index (χ0v) is 12.4. The van der Waals surface area contributed by atoms with E-state index in [0.717, 1.165) is 11.1 Å². The lowest BCUT2D eigenvalue weighted by atomic mass is 9.98. The Morgan fingerprint density at radius 2 is 1.95 bits per heavy atom. The number of ether oxygens (including phenoxy) is 1.